The standard InChI is InChI=1S/C39H74NO8P/c1-3-5-7-9-11-13-15-17-18-20-22-24-26-28-30-32-39(42)48-37(36-47-49(43,44)46-34-33-40)35-45-38(41)31-29-27-25-23-21-19-16-14-12-10-8-6-4-2/h11,13,17-18,37H,3-10,12,14-16,19-36,40H2,1-2H3,(H,43,44)/b13-11+,18-17+/t37-/m1/s1. The minimum absolute atomic E-state index is 0.0523. The van der Waals surface area contributed by atoms with Crippen molar-refractivity contribution < 1.29 is 37.6 Å². The molecule has 0 aliphatic carbocycles. The lowest BCUT2D eigenvalue weighted by atomic mass is 10.0. The zero-order valence-electron chi connectivity index (χ0n) is 31.4. The molecule has 0 heterocycles. The molecule has 3 N–H and O–H groups in total. The third kappa shape index (κ3) is 36.1. The first-order valence-electron chi connectivity index (χ1n) is 19.8. The van der Waals surface area contributed by atoms with Crippen molar-refractivity contribution in [2.75, 3.05) is 26.4 Å². The van der Waals surface area contributed by atoms with E-state index in [9.17, 15) is 19.0 Å². The van der Waals surface area contributed by atoms with Gasteiger partial charge in [0.05, 0.1) is 13.2 Å². The Morgan fingerprint density at radius 2 is 1.06 bits per heavy atom. The van der Waals surface area contributed by atoms with E-state index in [4.69, 9.17) is 24.3 Å². The summed E-state index contributed by atoms with van der Waals surface area (Å²) in [7, 11) is -4.37. The molecule has 0 spiro atoms. The highest BCUT2D eigenvalue weighted by atomic mass is 31.2. The van der Waals surface area contributed by atoms with Crippen molar-refractivity contribution in [2.24, 2.45) is 5.73 Å². The Labute approximate surface area is 300 Å². The van der Waals surface area contributed by atoms with Gasteiger partial charge >= 0.3 is 19.8 Å². The highest BCUT2D eigenvalue weighted by molar-refractivity contribution is 7.47. The Hall–Kier alpha value is -1.51. The van der Waals surface area contributed by atoms with Crippen LogP contribution in [0.25, 0.3) is 0 Å². The van der Waals surface area contributed by atoms with Crippen LogP contribution in [0.3, 0.4) is 0 Å². The van der Waals surface area contributed by atoms with Gasteiger partial charge in [0.1, 0.15) is 6.61 Å². The van der Waals surface area contributed by atoms with Crippen LogP contribution >= 0.6 is 7.82 Å². The fraction of sp³-hybridized carbons (Fsp3) is 0.846. The number of phosphoric acid groups is 1. The molecule has 0 amide bonds. The SMILES string of the molecule is CCCCC/C=C/C/C=C/CCCCCCCC(=O)O[C@H](COC(=O)CCCCCCCCCCCCCCC)COP(=O)(O)OCCN. The number of allylic oxidation sites excluding steroid dienone is 4. The monoisotopic (exact) mass is 716 g/mol. The Bertz CT molecular complexity index is 866. The summed E-state index contributed by atoms with van der Waals surface area (Å²) >= 11 is 0. The van der Waals surface area contributed by atoms with Crippen LogP contribution in [0.15, 0.2) is 24.3 Å². The van der Waals surface area contributed by atoms with E-state index in [0.717, 1.165) is 57.8 Å². The minimum Gasteiger partial charge on any atom is -0.462 e. The molecular formula is C39H74NO8P. The van der Waals surface area contributed by atoms with Gasteiger partial charge in [-0.3, -0.25) is 18.6 Å². The molecule has 1 unspecified atom stereocenters. The van der Waals surface area contributed by atoms with Gasteiger partial charge in [0.15, 0.2) is 6.10 Å². The summed E-state index contributed by atoms with van der Waals surface area (Å²) in [6.45, 7) is 3.69. The van der Waals surface area contributed by atoms with Crippen molar-refractivity contribution in [3.8, 4) is 0 Å². The zero-order valence-corrected chi connectivity index (χ0v) is 32.3. The first kappa shape index (κ1) is 47.5. The molecule has 2 atom stereocenters. The first-order valence-corrected chi connectivity index (χ1v) is 21.3. The molecule has 0 aliphatic rings. The van der Waals surface area contributed by atoms with E-state index in [2.05, 4.69) is 38.2 Å². The van der Waals surface area contributed by atoms with Crippen LogP contribution in [0.5, 0.6) is 0 Å². The topological polar surface area (TPSA) is 134 Å². The quantitative estimate of drug-likeness (QED) is 0.0279. The number of hydrogen-bond acceptors (Lipinski definition) is 8. The van der Waals surface area contributed by atoms with Crippen LogP contribution in [-0.2, 0) is 32.7 Å². The van der Waals surface area contributed by atoms with Crippen LogP contribution in [0.4, 0.5) is 0 Å². The molecule has 0 aromatic carbocycles. The maximum Gasteiger partial charge on any atom is 0.472 e. The number of carbonyl (C=O) groups is 2. The number of rotatable bonds is 37. The van der Waals surface area contributed by atoms with Crippen LogP contribution in [0.2, 0.25) is 0 Å². The third-order valence-electron chi connectivity index (χ3n) is 8.34. The molecule has 0 saturated carbocycles. The van der Waals surface area contributed by atoms with E-state index in [1.807, 2.05) is 0 Å². The van der Waals surface area contributed by atoms with Crippen molar-refractivity contribution in [1.82, 2.24) is 0 Å². The summed E-state index contributed by atoms with van der Waals surface area (Å²) in [5, 5.41) is 0. The van der Waals surface area contributed by atoms with Gasteiger partial charge < -0.3 is 20.1 Å². The average Bonchev–Trinajstić information content (AvgIpc) is 3.08. The van der Waals surface area contributed by atoms with E-state index in [1.165, 1.54) is 89.9 Å². The van der Waals surface area contributed by atoms with Crippen molar-refractivity contribution in [1.29, 1.82) is 0 Å². The largest absolute Gasteiger partial charge is 0.472 e. The van der Waals surface area contributed by atoms with Crippen molar-refractivity contribution >= 4 is 19.8 Å². The summed E-state index contributed by atoms with van der Waals surface area (Å²) < 4.78 is 32.7. The Kier molecular flexibility index (Phi) is 35.2. The minimum atomic E-state index is -4.37. The van der Waals surface area contributed by atoms with Crippen LogP contribution in [0, 0.1) is 0 Å². The molecule has 0 fully saturated rings. The van der Waals surface area contributed by atoms with Gasteiger partial charge in [-0.1, -0.05) is 147 Å². The molecular weight excluding hydrogens is 641 g/mol. The lowest BCUT2D eigenvalue weighted by Crippen LogP contribution is -2.29. The number of unbranched alkanes of at least 4 members (excludes halogenated alkanes) is 20. The Morgan fingerprint density at radius 3 is 1.59 bits per heavy atom. The summed E-state index contributed by atoms with van der Waals surface area (Å²) in [5.41, 5.74) is 5.33. The van der Waals surface area contributed by atoms with Gasteiger partial charge in [-0.05, 0) is 44.9 Å². The van der Waals surface area contributed by atoms with Crippen LogP contribution < -0.4 is 5.73 Å². The Morgan fingerprint density at radius 1 is 0.612 bits per heavy atom. The number of hydrogen-bond donors (Lipinski definition) is 2. The van der Waals surface area contributed by atoms with Crippen LogP contribution in [-0.4, -0.2) is 49.3 Å². The third-order valence-corrected chi connectivity index (χ3v) is 9.32. The smallest absolute Gasteiger partial charge is 0.462 e. The number of esters is 2. The molecule has 0 aromatic rings. The molecule has 0 bridgehead atoms. The van der Waals surface area contributed by atoms with Crippen LogP contribution in [0.1, 0.15) is 181 Å². The molecule has 10 heteroatoms. The predicted octanol–water partition coefficient (Wildman–Crippen LogP) is 10.8. The fourth-order valence-corrected chi connectivity index (χ4v) is 6.13. The Balaban J connectivity index is 4.22. The second-order valence-corrected chi connectivity index (χ2v) is 14.6. The lowest BCUT2D eigenvalue weighted by molar-refractivity contribution is -0.161. The van der Waals surface area contributed by atoms with Gasteiger partial charge in [-0.2, -0.15) is 0 Å². The second-order valence-electron chi connectivity index (χ2n) is 13.2. The summed E-state index contributed by atoms with van der Waals surface area (Å²) in [4.78, 5) is 34.7. The fourth-order valence-electron chi connectivity index (χ4n) is 5.37. The highest BCUT2D eigenvalue weighted by Gasteiger charge is 2.25. The highest BCUT2D eigenvalue weighted by Crippen LogP contribution is 2.43. The lowest BCUT2D eigenvalue weighted by Gasteiger charge is -2.19. The van der Waals surface area contributed by atoms with Crippen molar-refractivity contribution in [3.05, 3.63) is 24.3 Å². The molecule has 0 saturated heterocycles. The summed E-state index contributed by atoms with van der Waals surface area (Å²) in [5.74, 6) is -0.841. The second kappa shape index (κ2) is 36.3. The normalized spacial score (nSPS) is 13.6. The van der Waals surface area contributed by atoms with E-state index in [-0.39, 0.29) is 38.6 Å². The molecule has 0 aromatic heterocycles. The first-order chi connectivity index (χ1) is 23.8. The summed E-state index contributed by atoms with van der Waals surface area (Å²) in [6.07, 6.45) is 36.3. The van der Waals surface area contributed by atoms with Crippen molar-refractivity contribution in [3.63, 3.8) is 0 Å². The van der Waals surface area contributed by atoms with E-state index in [1.54, 1.807) is 0 Å². The molecule has 49 heavy (non-hydrogen) atoms. The number of phosphoric ester groups is 1. The predicted molar refractivity (Wildman–Crippen MR) is 201 cm³/mol. The van der Waals surface area contributed by atoms with E-state index in [0.29, 0.717) is 6.42 Å². The van der Waals surface area contributed by atoms with Gasteiger partial charge in [-0.15, -0.1) is 0 Å². The van der Waals surface area contributed by atoms with Gasteiger partial charge in [0.25, 0.3) is 0 Å². The molecule has 0 radical (unpaired) electrons. The zero-order chi connectivity index (χ0) is 36.1. The molecule has 0 aliphatic heterocycles. The number of ether oxygens (including phenoxy) is 2. The van der Waals surface area contributed by atoms with Gasteiger partial charge in [0.2, 0.25) is 0 Å². The molecule has 9 nitrogen and oxygen atoms in total. The van der Waals surface area contributed by atoms with E-state index < -0.39 is 26.5 Å². The van der Waals surface area contributed by atoms with Gasteiger partial charge in [0, 0.05) is 19.4 Å². The number of nitrogens with two attached hydrogens (primary N) is 1. The van der Waals surface area contributed by atoms with Gasteiger partial charge in [-0.25, -0.2) is 4.57 Å². The number of carbonyl (C=O) groups excluding carboxylic acids is 2. The summed E-state index contributed by atoms with van der Waals surface area (Å²) in [6, 6.07) is 0. The molecule has 0 rings (SSSR count). The van der Waals surface area contributed by atoms with Crippen molar-refractivity contribution in [2.45, 2.75) is 187 Å². The van der Waals surface area contributed by atoms with E-state index >= 15 is 0 Å². The molecule has 288 valence electrons. The maximum absolute atomic E-state index is 12.5. The maximum atomic E-state index is 12.5. The average molecular weight is 716 g/mol.